The smallest absolute Gasteiger partial charge is 0.118 e. The van der Waals surface area contributed by atoms with E-state index in [2.05, 4.69) is 42.5 Å². The largest absolute Gasteiger partial charge is 0.497 e. The van der Waals surface area contributed by atoms with Gasteiger partial charge in [-0.3, -0.25) is 5.41 Å². The molecule has 4 heteroatoms. The number of fused-ring (bicyclic) bond motifs is 1. The molecule has 0 saturated carbocycles. The van der Waals surface area contributed by atoms with Crippen molar-refractivity contribution in [2.75, 3.05) is 7.11 Å². The topological polar surface area (TPSA) is 33.1 Å². The fourth-order valence-corrected chi connectivity index (χ4v) is 4.83. The summed E-state index contributed by atoms with van der Waals surface area (Å²) in [6.45, 7) is 0. The molecular weight excluding hydrogens is 358 g/mol. The summed E-state index contributed by atoms with van der Waals surface area (Å²) < 4.78 is 6.38. The third-order valence-electron chi connectivity index (χ3n) is 4.14. The number of nitrogens with one attached hydrogen (secondary N) is 1. The van der Waals surface area contributed by atoms with Gasteiger partial charge in [0.1, 0.15) is 5.75 Å². The van der Waals surface area contributed by atoms with Gasteiger partial charge < -0.3 is 4.74 Å². The van der Waals surface area contributed by atoms with E-state index in [1.54, 1.807) is 30.2 Å². The zero-order valence-corrected chi connectivity index (χ0v) is 15.9. The molecule has 0 aliphatic heterocycles. The molecule has 0 fully saturated rings. The zero-order valence-electron chi connectivity index (χ0n) is 14.2. The second-order valence-corrected chi connectivity index (χ2v) is 8.29. The molecule has 0 aliphatic carbocycles. The van der Waals surface area contributed by atoms with Crippen LogP contribution in [0.3, 0.4) is 0 Å². The number of rotatable bonds is 5. The summed E-state index contributed by atoms with van der Waals surface area (Å²) in [6.07, 6.45) is 0. The number of hydrogen-bond donors (Lipinski definition) is 1. The van der Waals surface area contributed by atoms with Crippen LogP contribution in [-0.4, -0.2) is 12.8 Å². The van der Waals surface area contributed by atoms with Crippen molar-refractivity contribution in [2.45, 2.75) is 9.10 Å². The van der Waals surface area contributed by atoms with Crippen molar-refractivity contribution in [2.24, 2.45) is 0 Å². The highest BCUT2D eigenvalue weighted by atomic mass is 32.2. The van der Waals surface area contributed by atoms with Gasteiger partial charge in [-0.1, -0.05) is 48.2 Å². The second kappa shape index (κ2) is 7.36. The van der Waals surface area contributed by atoms with E-state index in [1.807, 2.05) is 36.4 Å². The first-order chi connectivity index (χ1) is 12.7. The Kier molecular flexibility index (Phi) is 4.78. The molecule has 26 heavy (non-hydrogen) atoms. The summed E-state index contributed by atoms with van der Waals surface area (Å²) in [4.78, 5) is 2.15. The maximum Gasteiger partial charge on any atom is 0.118 e. The van der Waals surface area contributed by atoms with E-state index >= 15 is 0 Å². The third-order valence-corrected chi connectivity index (χ3v) is 6.39. The number of methoxy groups -OCH3 is 1. The maximum absolute atomic E-state index is 8.58. The van der Waals surface area contributed by atoms with Gasteiger partial charge in [0.25, 0.3) is 0 Å². The minimum Gasteiger partial charge on any atom is -0.497 e. The highest BCUT2D eigenvalue weighted by Gasteiger charge is 2.10. The van der Waals surface area contributed by atoms with E-state index in [4.69, 9.17) is 10.1 Å². The monoisotopic (exact) mass is 375 g/mol. The fraction of sp³-hybridized carbons (Fsp3) is 0.0455. The quantitative estimate of drug-likeness (QED) is 0.405. The molecule has 0 unspecified atom stereocenters. The van der Waals surface area contributed by atoms with Crippen molar-refractivity contribution in [1.29, 1.82) is 5.41 Å². The highest BCUT2D eigenvalue weighted by molar-refractivity contribution is 8.01. The van der Waals surface area contributed by atoms with E-state index in [0.717, 1.165) is 21.1 Å². The van der Waals surface area contributed by atoms with Gasteiger partial charge in [-0.2, -0.15) is 0 Å². The van der Waals surface area contributed by atoms with Crippen LogP contribution >= 0.6 is 23.1 Å². The van der Waals surface area contributed by atoms with Gasteiger partial charge in [0.15, 0.2) is 0 Å². The van der Waals surface area contributed by atoms with Crippen LogP contribution in [0.15, 0.2) is 88.0 Å². The summed E-state index contributed by atoms with van der Waals surface area (Å²) in [7, 11) is 1.67. The Labute approximate surface area is 161 Å². The molecule has 0 spiro atoms. The molecule has 2 nitrogen and oxygen atoms in total. The van der Waals surface area contributed by atoms with Crippen LogP contribution < -0.4 is 4.74 Å². The first-order valence-electron chi connectivity index (χ1n) is 8.23. The molecule has 1 N–H and O–H groups in total. The van der Waals surface area contributed by atoms with Crippen LogP contribution in [0.4, 0.5) is 0 Å². The van der Waals surface area contributed by atoms with Gasteiger partial charge in [0.2, 0.25) is 0 Å². The van der Waals surface area contributed by atoms with Gasteiger partial charge in [0, 0.05) is 10.5 Å². The van der Waals surface area contributed by atoms with Crippen molar-refractivity contribution < 1.29 is 4.74 Å². The van der Waals surface area contributed by atoms with Crippen molar-refractivity contribution >= 4 is 39.6 Å². The Hall–Kier alpha value is -2.56. The molecule has 0 radical (unpaired) electrons. The molecule has 128 valence electrons. The number of thiophene rings is 1. The van der Waals surface area contributed by atoms with E-state index in [1.165, 1.54) is 15.0 Å². The van der Waals surface area contributed by atoms with Gasteiger partial charge in [-0.15, -0.1) is 11.3 Å². The Morgan fingerprint density at radius 1 is 0.885 bits per heavy atom. The molecule has 4 rings (SSSR count). The minimum atomic E-state index is 0.572. The average Bonchev–Trinajstić information content (AvgIpc) is 3.16. The molecule has 0 aliphatic rings. The van der Waals surface area contributed by atoms with Crippen LogP contribution in [-0.2, 0) is 0 Å². The van der Waals surface area contributed by atoms with E-state index in [-0.39, 0.29) is 0 Å². The lowest BCUT2D eigenvalue weighted by Crippen LogP contribution is -1.98. The molecule has 0 amide bonds. The fourth-order valence-electron chi connectivity index (χ4n) is 2.76. The number of hydrogen-bond acceptors (Lipinski definition) is 4. The summed E-state index contributed by atoms with van der Waals surface area (Å²) in [5.74, 6) is 0.860. The Morgan fingerprint density at radius 2 is 1.65 bits per heavy atom. The number of benzene rings is 3. The summed E-state index contributed by atoms with van der Waals surface area (Å²) in [6, 6.07) is 26.6. The van der Waals surface area contributed by atoms with Gasteiger partial charge in [-0.25, -0.2) is 0 Å². The molecule has 4 aromatic rings. The first kappa shape index (κ1) is 16.9. The zero-order chi connectivity index (χ0) is 17.9. The molecular formula is C22H17NOS2. The second-order valence-electron chi connectivity index (χ2n) is 5.83. The van der Waals surface area contributed by atoms with E-state index < -0.39 is 0 Å². The first-order valence-corrected chi connectivity index (χ1v) is 9.86. The molecule has 0 bridgehead atoms. The van der Waals surface area contributed by atoms with Crippen molar-refractivity contribution in [1.82, 2.24) is 0 Å². The maximum atomic E-state index is 8.58. The predicted molar refractivity (Wildman–Crippen MR) is 111 cm³/mol. The molecule has 0 atom stereocenters. The average molecular weight is 376 g/mol. The molecule has 0 saturated heterocycles. The number of ether oxygens (including phenoxy) is 1. The van der Waals surface area contributed by atoms with Gasteiger partial charge in [-0.05, 0) is 53.2 Å². The lowest BCUT2D eigenvalue weighted by molar-refractivity contribution is 0.414. The Bertz CT molecular complexity index is 1070. The lowest BCUT2D eigenvalue weighted by Gasteiger charge is -2.04. The van der Waals surface area contributed by atoms with Gasteiger partial charge in [0.05, 0.1) is 21.9 Å². The summed E-state index contributed by atoms with van der Waals surface area (Å²) in [5.41, 5.74) is 1.52. The Morgan fingerprint density at radius 3 is 2.42 bits per heavy atom. The molecule has 1 aromatic heterocycles. The van der Waals surface area contributed by atoms with Crippen LogP contribution in [0.5, 0.6) is 5.75 Å². The van der Waals surface area contributed by atoms with Gasteiger partial charge >= 0.3 is 0 Å². The highest BCUT2D eigenvalue weighted by Crippen LogP contribution is 2.35. The predicted octanol–water partition coefficient (Wildman–Crippen LogP) is 6.48. The van der Waals surface area contributed by atoms with Crippen molar-refractivity contribution in [3.8, 4) is 5.75 Å². The van der Waals surface area contributed by atoms with E-state index in [9.17, 15) is 0 Å². The molecule has 3 aromatic carbocycles. The van der Waals surface area contributed by atoms with Crippen LogP contribution in [0.1, 0.15) is 10.4 Å². The normalized spacial score (nSPS) is 10.8. The summed E-state index contributed by atoms with van der Waals surface area (Å²) >= 11 is 3.36. The summed E-state index contributed by atoms with van der Waals surface area (Å²) in [5, 5.41) is 10.9. The standard InChI is InChI=1S/C22H17NOS2/c1-24-18-8-10-19(11-9-18)25-21-13-12-20(26-21)22(23)17-7-6-15-4-2-3-5-16(15)14-17/h2-14,23H,1H3. The van der Waals surface area contributed by atoms with Crippen LogP contribution in [0, 0.1) is 5.41 Å². The van der Waals surface area contributed by atoms with Crippen LogP contribution in [0.25, 0.3) is 10.8 Å². The van der Waals surface area contributed by atoms with E-state index in [0.29, 0.717) is 5.71 Å². The Balaban J connectivity index is 1.54. The third kappa shape index (κ3) is 3.52. The van der Waals surface area contributed by atoms with Crippen LogP contribution in [0.2, 0.25) is 0 Å². The lowest BCUT2D eigenvalue weighted by atomic mass is 10.0. The van der Waals surface area contributed by atoms with Crippen molar-refractivity contribution in [3.05, 3.63) is 89.3 Å². The minimum absolute atomic E-state index is 0.572. The van der Waals surface area contributed by atoms with Crippen molar-refractivity contribution in [3.63, 3.8) is 0 Å². The molecule has 1 heterocycles. The SMILES string of the molecule is COc1ccc(Sc2ccc(C(=N)c3ccc4ccccc4c3)s2)cc1.